The Kier molecular flexibility index (Phi) is 21.6. The van der Waals surface area contributed by atoms with E-state index in [2.05, 4.69) is 58.5 Å². The van der Waals surface area contributed by atoms with Crippen molar-refractivity contribution in [2.75, 3.05) is 18.5 Å². The summed E-state index contributed by atoms with van der Waals surface area (Å²) in [6.45, 7) is 11.1. The summed E-state index contributed by atoms with van der Waals surface area (Å²) < 4.78 is 1.97. The first-order valence-electron chi connectivity index (χ1n) is 7.90. The Balaban J connectivity index is 0. The smallest absolute Gasteiger partial charge is 0.0326 e. The van der Waals surface area contributed by atoms with E-state index in [1.807, 2.05) is 4.61 Å². The van der Waals surface area contributed by atoms with Gasteiger partial charge >= 0.3 is 48.0 Å². The van der Waals surface area contributed by atoms with Crippen LogP contribution in [-0.2, 0) is 17.9 Å². The van der Waals surface area contributed by atoms with Gasteiger partial charge in [-0.05, 0) is 37.7 Å². The van der Waals surface area contributed by atoms with E-state index < -0.39 is 0 Å². The average Bonchev–Trinajstić information content (AvgIpc) is 2.38. The summed E-state index contributed by atoms with van der Waals surface area (Å²) in [5.41, 5.74) is 1.34. The molecule has 19 heavy (non-hydrogen) atoms. The SMILES string of the molecule is CC(C)=C[CH]=[Ru].CCCCP(CCCC)CCCC. The van der Waals surface area contributed by atoms with Gasteiger partial charge in [0.25, 0.3) is 0 Å². The summed E-state index contributed by atoms with van der Waals surface area (Å²) in [4.78, 5) is 0. The van der Waals surface area contributed by atoms with Crippen molar-refractivity contribution in [2.24, 2.45) is 0 Å². The molecule has 0 saturated carbocycles. The number of hydrogen-bond acceptors (Lipinski definition) is 0. The minimum absolute atomic E-state index is 0.422. The van der Waals surface area contributed by atoms with Crippen LogP contribution in [0, 0.1) is 0 Å². The Bertz CT molecular complexity index is 188. The van der Waals surface area contributed by atoms with Crippen LogP contribution in [0.4, 0.5) is 0 Å². The van der Waals surface area contributed by atoms with Crippen molar-refractivity contribution in [3.63, 3.8) is 0 Å². The fourth-order valence-corrected chi connectivity index (χ4v) is 5.14. The molecule has 0 unspecified atom stereocenters. The van der Waals surface area contributed by atoms with Crippen LogP contribution in [0.5, 0.6) is 0 Å². The molecule has 0 N–H and O–H groups in total. The number of allylic oxidation sites excluding steroid dienone is 2. The largest absolute Gasteiger partial charge is 0.107 e. The van der Waals surface area contributed by atoms with Gasteiger partial charge in [0.05, 0.1) is 0 Å². The van der Waals surface area contributed by atoms with Gasteiger partial charge in [0.15, 0.2) is 0 Å². The van der Waals surface area contributed by atoms with Gasteiger partial charge in [-0.3, -0.25) is 0 Å². The van der Waals surface area contributed by atoms with E-state index in [9.17, 15) is 0 Å². The molecule has 116 valence electrons. The maximum atomic E-state index is 2.44. The van der Waals surface area contributed by atoms with Gasteiger partial charge in [-0.15, -0.1) is 7.92 Å². The molecule has 0 aromatic heterocycles. The van der Waals surface area contributed by atoms with Crippen LogP contribution >= 0.6 is 7.92 Å². The third-order valence-electron chi connectivity index (χ3n) is 2.88. The Morgan fingerprint density at radius 2 is 1.21 bits per heavy atom. The average molecular weight is 372 g/mol. The molecule has 0 bridgehead atoms. The molecule has 0 fully saturated rings. The van der Waals surface area contributed by atoms with Crippen molar-refractivity contribution in [1.82, 2.24) is 0 Å². The molecule has 0 amide bonds. The summed E-state index contributed by atoms with van der Waals surface area (Å²) in [5.74, 6) is 0. The van der Waals surface area contributed by atoms with Crippen LogP contribution in [0.15, 0.2) is 11.6 Å². The van der Waals surface area contributed by atoms with Crippen molar-refractivity contribution < 1.29 is 17.9 Å². The molecular formula is C17H35PRu. The van der Waals surface area contributed by atoms with Crippen molar-refractivity contribution in [3.8, 4) is 0 Å². The minimum atomic E-state index is 0.422. The third kappa shape index (κ3) is 21.1. The van der Waals surface area contributed by atoms with Gasteiger partial charge in [0.2, 0.25) is 0 Å². The monoisotopic (exact) mass is 372 g/mol. The minimum Gasteiger partial charge on any atom is -0.107 e. The van der Waals surface area contributed by atoms with E-state index in [0.717, 1.165) is 0 Å². The summed E-state index contributed by atoms with van der Waals surface area (Å²) in [6.07, 6.45) is 15.3. The molecule has 0 spiro atoms. The van der Waals surface area contributed by atoms with Crippen LogP contribution < -0.4 is 0 Å². The van der Waals surface area contributed by atoms with Gasteiger partial charge in [-0.1, -0.05) is 40.0 Å². The summed E-state index contributed by atoms with van der Waals surface area (Å²) in [6, 6.07) is 0. The summed E-state index contributed by atoms with van der Waals surface area (Å²) in [5, 5.41) is 0. The molecule has 0 radical (unpaired) electrons. The van der Waals surface area contributed by atoms with Crippen molar-refractivity contribution in [1.29, 1.82) is 0 Å². The molecule has 0 aliphatic rings. The topological polar surface area (TPSA) is 0 Å². The van der Waals surface area contributed by atoms with E-state index in [4.69, 9.17) is 0 Å². The quantitative estimate of drug-likeness (QED) is 0.318. The first-order chi connectivity index (χ1) is 9.12. The standard InChI is InChI=1S/C12H27P.C5H8.Ru/c1-4-7-10-13(11-8-5-2)12-9-6-3;1-4-5(2)3;/h4-12H2,1-3H3;1,4H,2-3H3;. The van der Waals surface area contributed by atoms with E-state index in [1.54, 1.807) is 18.5 Å². The molecular weight excluding hydrogens is 336 g/mol. The fraction of sp³-hybridized carbons (Fsp3) is 0.824. The predicted octanol–water partition coefficient (Wildman–Crippen LogP) is 6.17. The number of hydrogen-bond donors (Lipinski definition) is 0. The van der Waals surface area contributed by atoms with Crippen LogP contribution in [0.25, 0.3) is 0 Å². The molecule has 0 aliphatic heterocycles. The first-order valence-corrected chi connectivity index (χ1v) is 10.8. The molecule has 0 rings (SSSR count). The van der Waals surface area contributed by atoms with Crippen molar-refractivity contribution >= 4 is 12.5 Å². The molecule has 0 saturated heterocycles. The predicted molar refractivity (Wildman–Crippen MR) is 91.7 cm³/mol. The summed E-state index contributed by atoms with van der Waals surface area (Å²) in [7, 11) is 0.422. The van der Waals surface area contributed by atoms with Crippen molar-refractivity contribution in [3.05, 3.63) is 11.6 Å². The van der Waals surface area contributed by atoms with Crippen LogP contribution in [0.1, 0.15) is 73.1 Å². The van der Waals surface area contributed by atoms with Crippen LogP contribution in [0.3, 0.4) is 0 Å². The zero-order valence-electron chi connectivity index (χ0n) is 13.8. The molecule has 0 aromatic carbocycles. The van der Waals surface area contributed by atoms with E-state index >= 15 is 0 Å². The van der Waals surface area contributed by atoms with Gasteiger partial charge in [0.1, 0.15) is 0 Å². The Morgan fingerprint density at radius 3 is 1.37 bits per heavy atom. The van der Waals surface area contributed by atoms with E-state index in [1.165, 1.54) is 44.1 Å². The van der Waals surface area contributed by atoms with E-state index in [0.29, 0.717) is 7.92 Å². The molecule has 0 aromatic rings. The number of rotatable bonds is 10. The molecule has 0 nitrogen and oxygen atoms in total. The third-order valence-corrected chi connectivity index (χ3v) is 6.01. The van der Waals surface area contributed by atoms with Crippen LogP contribution in [-0.4, -0.2) is 23.1 Å². The molecule has 0 heterocycles. The summed E-state index contributed by atoms with van der Waals surface area (Å²) >= 11 is 2.44. The second-order valence-corrected chi connectivity index (χ2v) is 8.53. The molecule has 0 atom stereocenters. The number of unbranched alkanes of at least 4 members (excludes halogenated alkanes) is 3. The van der Waals surface area contributed by atoms with Gasteiger partial charge in [0, 0.05) is 0 Å². The van der Waals surface area contributed by atoms with Gasteiger partial charge in [-0.2, -0.15) is 0 Å². The zero-order valence-corrected chi connectivity index (χ0v) is 16.5. The fourth-order valence-electron chi connectivity index (χ4n) is 1.60. The Morgan fingerprint density at radius 1 is 0.842 bits per heavy atom. The second-order valence-electron chi connectivity index (χ2n) is 5.26. The maximum Gasteiger partial charge on any atom is -0.0326 e. The zero-order chi connectivity index (χ0) is 14.9. The molecule has 0 aliphatic carbocycles. The Labute approximate surface area is 133 Å². The van der Waals surface area contributed by atoms with Crippen LogP contribution in [0.2, 0.25) is 0 Å². The molecule has 2 heteroatoms. The Hall–Kier alpha value is 0.663. The second kappa shape index (κ2) is 18.7. The maximum absolute atomic E-state index is 2.44. The van der Waals surface area contributed by atoms with Gasteiger partial charge < -0.3 is 0 Å². The van der Waals surface area contributed by atoms with E-state index in [-0.39, 0.29) is 0 Å². The first kappa shape index (κ1) is 22.0. The normalized spacial score (nSPS) is 9.84. The van der Waals surface area contributed by atoms with Crippen molar-refractivity contribution in [2.45, 2.75) is 73.1 Å². The van der Waals surface area contributed by atoms with Gasteiger partial charge in [-0.25, -0.2) is 0 Å².